The molecule has 0 radical (unpaired) electrons. The summed E-state index contributed by atoms with van der Waals surface area (Å²) in [6, 6.07) is 3.88. The maximum absolute atomic E-state index is 10.8. The number of rotatable bonds is 2. The normalized spacial score (nSPS) is 21.2. The lowest BCUT2D eigenvalue weighted by Crippen LogP contribution is -2.38. The van der Waals surface area contributed by atoms with E-state index in [-0.39, 0.29) is 6.17 Å². The van der Waals surface area contributed by atoms with Crippen LogP contribution in [0.1, 0.15) is 0 Å². The van der Waals surface area contributed by atoms with Crippen LogP contribution in [0.3, 0.4) is 0 Å². The van der Waals surface area contributed by atoms with Crippen molar-refractivity contribution >= 4 is 29.0 Å². The third kappa shape index (κ3) is 1.31. The molecule has 1 aliphatic heterocycles. The number of nitrogens with zero attached hydrogens (tertiary/aromatic N) is 3. The molecule has 4 nitrogen and oxygen atoms in total. The highest BCUT2D eigenvalue weighted by Gasteiger charge is 2.26. The first-order chi connectivity index (χ1) is 6.33. The van der Waals surface area contributed by atoms with Gasteiger partial charge in [0, 0.05) is 7.05 Å². The van der Waals surface area contributed by atoms with E-state index >= 15 is 0 Å². The summed E-state index contributed by atoms with van der Waals surface area (Å²) in [5.74, 6) is 0. The zero-order valence-corrected chi connectivity index (χ0v) is 7.94. The molecule has 5 heteroatoms. The Bertz CT molecular complexity index is 322. The van der Waals surface area contributed by atoms with Gasteiger partial charge in [0.25, 0.3) is 0 Å². The Morgan fingerprint density at radius 1 is 1.69 bits per heavy atom. The molecule has 1 atom stereocenters. The molecule has 2 heterocycles. The van der Waals surface area contributed by atoms with E-state index in [4.69, 9.17) is 0 Å². The van der Waals surface area contributed by atoms with Crippen molar-refractivity contribution in [1.29, 1.82) is 0 Å². The Morgan fingerprint density at radius 3 is 3.15 bits per heavy atom. The topological polar surface area (TPSA) is 35.9 Å². The fraction of sp³-hybridized carbons (Fsp3) is 0.250. The fourth-order valence-corrected chi connectivity index (χ4v) is 1.90. The molecule has 1 aromatic heterocycles. The van der Waals surface area contributed by atoms with Crippen LogP contribution in [-0.4, -0.2) is 30.7 Å². The number of carbonyl (C=O) groups is 1. The Labute approximate surface area is 80.1 Å². The molecule has 0 amide bonds. The summed E-state index contributed by atoms with van der Waals surface area (Å²) < 4.78 is 0. The summed E-state index contributed by atoms with van der Waals surface area (Å²) in [6.45, 7) is 0. The largest absolute Gasteiger partial charge is 0.336 e. The summed E-state index contributed by atoms with van der Waals surface area (Å²) in [7, 11) is 1.83. The number of carbonyl (C=O) groups excluding carboxylic acids is 1. The number of hydrogen-bond acceptors (Lipinski definition) is 5. The van der Waals surface area contributed by atoms with Crippen LogP contribution in [0.2, 0.25) is 0 Å². The van der Waals surface area contributed by atoms with E-state index in [1.807, 2.05) is 24.6 Å². The third-order valence-electron chi connectivity index (χ3n) is 1.88. The van der Waals surface area contributed by atoms with Gasteiger partial charge in [-0.05, 0) is 17.5 Å². The van der Waals surface area contributed by atoms with E-state index in [1.165, 1.54) is 0 Å². The number of anilines is 1. The molecule has 1 aliphatic rings. The predicted molar refractivity (Wildman–Crippen MR) is 52.9 cm³/mol. The second-order valence-electron chi connectivity index (χ2n) is 2.74. The second-order valence-corrected chi connectivity index (χ2v) is 3.67. The summed E-state index contributed by atoms with van der Waals surface area (Å²) in [5.41, 5.74) is 0. The molecule has 0 saturated carbocycles. The van der Waals surface area contributed by atoms with Crippen molar-refractivity contribution in [3.8, 4) is 0 Å². The van der Waals surface area contributed by atoms with Gasteiger partial charge in [-0.15, -0.1) is 11.3 Å². The molecule has 0 aliphatic carbocycles. The molecule has 0 aromatic carbocycles. The van der Waals surface area contributed by atoms with E-state index in [0.29, 0.717) is 0 Å². The van der Waals surface area contributed by atoms with E-state index in [9.17, 15) is 4.79 Å². The molecule has 2 rings (SSSR count). The van der Waals surface area contributed by atoms with Gasteiger partial charge in [0.1, 0.15) is 11.3 Å². The molecular formula is C8H9N3OS. The monoisotopic (exact) mass is 195 g/mol. The van der Waals surface area contributed by atoms with Gasteiger partial charge in [0.15, 0.2) is 12.5 Å². The molecule has 0 bridgehead atoms. The van der Waals surface area contributed by atoms with Crippen LogP contribution < -0.4 is 5.01 Å². The fourth-order valence-electron chi connectivity index (χ4n) is 1.19. The van der Waals surface area contributed by atoms with Crippen LogP contribution >= 0.6 is 11.3 Å². The van der Waals surface area contributed by atoms with Gasteiger partial charge in [0.05, 0.1) is 0 Å². The Morgan fingerprint density at radius 2 is 2.54 bits per heavy atom. The third-order valence-corrected chi connectivity index (χ3v) is 2.74. The molecular weight excluding hydrogens is 186 g/mol. The Balaban J connectivity index is 2.26. The Hall–Kier alpha value is -1.36. The lowest BCUT2D eigenvalue weighted by Gasteiger charge is -2.21. The average Bonchev–Trinajstić information content (AvgIpc) is 2.71. The molecule has 1 aromatic rings. The van der Waals surface area contributed by atoms with Crippen LogP contribution in [0.4, 0.5) is 5.00 Å². The second kappa shape index (κ2) is 3.18. The molecule has 0 fully saturated rings. The van der Waals surface area contributed by atoms with E-state index in [0.717, 1.165) is 11.3 Å². The molecule has 0 spiro atoms. The zero-order valence-electron chi connectivity index (χ0n) is 7.12. The molecule has 13 heavy (non-hydrogen) atoms. The highest BCUT2D eigenvalue weighted by Crippen LogP contribution is 2.25. The first-order valence-corrected chi connectivity index (χ1v) is 4.75. The van der Waals surface area contributed by atoms with E-state index in [2.05, 4.69) is 5.10 Å². The molecule has 0 N–H and O–H groups in total. The maximum atomic E-state index is 10.8. The molecule has 68 valence electrons. The van der Waals surface area contributed by atoms with Crippen molar-refractivity contribution in [1.82, 2.24) is 4.90 Å². The van der Waals surface area contributed by atoms with Gasteiger partial charge >= 0.3 is 0 Å². The predicted octanol–water partition coefficient (Wildman–Crippen LogP) is 0.968. The van der Waals surface area contributed by atoms with Crippen molar-refractivity contribution in [3.05, 3.63) is 17.5 Å². The average molecular weight is 195 g/mol. The minimum absolute atomic E-state index is 0.293. The van der Waals surface area contributed by atoms with Crippen molar-refractivity contribution in [2.24, 2.45) is 5.10 Å². The Kier molecular flexibility index (Phi) is 2.02. The van der Waals surface area contributed by atoms with Crippen molar-refractivity contribution < 1.29 is 4.79 Å². The lowest BCUT2D eigenvalue weighted by molar-refractivity contribution is -0.110. The lowest BCUT2D eigenvalue weighted by atomic mass is 10.5. The van der Waals surface area contributed by atoms with Crippen LogP contribution in [-0.2, 0) is 4.79 Å². The summed E-state index contributed by atoms with van der Waals surface area (Å²) in [5, 5.41) is 8.78. The van der Waals surface area contributed by atoms with Gasteiger partial charge < -0.3 is 4.90 Å². The van der Waals surface area contributed by atoms with E-state index < -0.39 is 0 Å². The number of thiophene rings is 1. The van der Waals surface area contributed by atoms with Gasteiger partial charge in [-0.25, -0.2) is 5.01 Å². The van der Waals surface area contributed by atoms with Crippen molar-refractivity contribution in [2.75, 3.05) is 12.1 Å². The first kappa shape index (κ1) is 8.25. The SMILES string of the molecule is CN1C=NN(c2cccs2)C1C=O. The first-order valence-electron chi connectivity index (χ1n) is 3.87. The number of hydrazone groups is 1. The quantitative estimate of drug-likeness (QED) is 0.660. The minimum Gasteiger partial charge on any atom is -0.336 e. The number of hydrogen-bond donors (Lipinski definition) is 0. The highest BCUT2D eigenvalue weighted by molar-refractivity contribution is 7.14. The minimum atomic E-state index is -0.293. The van der Waals surface area contributed by atoms with Crippen molar-refractivity contribution in [2.45, 2.75) is 6.17 Å². The standard InChI is InChI=1S/C8H9N3OS/c1-10-6-9-11(7(10)5-12)8-3-2-4-13-8/h2-7H,1H3. The summed E-state index contributed by atoms with van der Waals surface area (Å²) in [4.78, 5) is 12.5. The zero-order chi connectivity index (χ0) is 9.26. The summed E-state index contributed by atoms with van der Waals surface area (Å²) >= 11 is 1.57. The number of aldehydes is 1. The molecule has 0 saturated heterocycles. The van der Waals surface area contributed by atoms with Crippen LogP contribution in [0.5, 0.6) is 0 Å². The van der Waals surface area contributed by atoms with Gasteiger partial charge in [-0.3, -0.25) is 4.79 Å². The van der Waals surface area contributed by atoms with E-state index in [1.54, 1.807) is 27.6 Å². The van der Waals surface area contributed by atoms with Crippen molar-refractivity contribution in [3.63, 3.8) is 0 Å². The van der Waals surface area contributed by atoms with Gasteiger partial charge in [0.2, 0.25) is 0 Å². The maximum Gasteiger partial charge on any atom is 0.181 e. The smallest absolute Gasteiger partial charge is 0.181 e. The molecule has 1 unspecified atom stereocenters. The van der Waals surface area contributed by atoms with Crippen LogP contribution in [0.15, 0.2) is 22.6 Å². The van der Waals surface area contributed by atoms with Gasteiger partial charge in [-0.1, -0.05) is 0 Å². The summed E-state index contributed by atoms with van der Waals surface area (Å²) in [6.07, 6.45) is 2.24. The number of likely N-dealkylation sites (N-methyl/N-ethyl adjacent to an activating group) is 1. The highest BCUT2D eigenvalue weighted by atomic mass is 32.1. The van der Waals surface area contributed by atoms with Gasteiger partial charge in [-0.2, -0.15) is 5.10 Å². The van der Waals surface area contributed by atoms with Crippen LogP contribution in [0, 0.1) is 0 Å². The van der Waals surface area contributed by atoms with Crippen LogP contribution in [0.25, 0.3) is 0 Å².